The number of hydrogen-bond donors (Lipinski definition) is 0. The Hall–Kier alpha value is -2.60. The molecule has 0 fully saturated rings. The van der Waals surface area contributed by atoms with Crippen LogP contribution in [0, 0.1) is 0 Å². The van der Waals surface area contributed by atoms with E-state index in [0.717, 1.165) is 16.5 Å². The third-order valence-electron chi connectivity index (χ3n) is 3.11. The molecule has 0 saturated carbocycles. The van der Waals surface area contributed by atoms with Crippen LogP contribution in [-0.2, 0) is 6.42 Å². The molecule has 4 aromatic heterocycles. The predicted molar refractivity (Wildman–Crippen MR) is 80.0 cm³/mol. The first-order valence-corrected chi connectivity index (χ1v) is 7.31. The van der Waals surface area contributed by atoms with Crippen molar-refractivity contribution in [1.82, 2.24) is 20.1 Å². The van der Waals surface area contributed by atoms with Gasteiger partial charge in [0.05, 0.1) is 17.3 Å². The van der Waals surface area contributed by atoms with Crippen molar-refractivity contribution >= 4 is 22.2 Å². The third kappa shape index (κ3) is 2.41. The first-order chi connectivity index (χ1) is 10.4. The fourth-order valence-electron chi connectivity index (χ4n) is 2.10. The summed E-state index contributed by atoms with van der Waals surface area (Å²) in [4.78, 5) is 14.1. The SMILES string of the molecule is c1csc(Cc2noc(-c3cnc4cnccc4c3)n2)c1. The van der Waals surface area contributed by atoms with Gasteiger partial charge in [0.25, 0.3) is 5.89 Å². The monoisotopic (exact) mass is 294 g/mol. The van der Waals surface area contributed by atoms with Gasteiger partial charge in [0.2, 0.25) is 0 Å². The van der Waals surface area contributed by atoms with E-state index < -0.39 is 0 Å². The Bertz CT molecular complexity index is 885. The van der Waals surface area contributed by atoms with E-state index in [9.17, 15) is 0 Å². The Kier molecular flexibility index (Phi) is 2.93. The zero-order valence-electron chi connectivity index (χ0n) is 10.9. The van der Waals surface area contributed by atoms with Crippen molar-refractivity contribution in [2.24, 2.45) is 0 Å². The standard InChI is InChI=1S/C15H10N4OS/c1-2-12(21-5-1)7-14-18-15(20-19-14)11-6-10-3-4-16-9-13(10)17-8-11/h1-6,8-9H,7H2. The van der Waals surface area contributed by atoms with Crippen LogP contribution in [-0.4, -0.2) is 20.1 Å². The molecule has 21 heavy (non-hydrogen) atoms. The molecule has 0 bridgehead atoms. The van der Waals surface area contributed by atoms with Crippen LogP contribution >= 0.6 is 11.3 Å². The second kappa shape index (κ2) is 5.06. The fraction of sp³-hybridized carbons (Fsp3) is 0.0667. The Labute approximate surface area is 124 Å². The first-order valence-electron chi connectivity index (χ1n) is 6.43. The van der Waals surface area contributed by atoms with Crippen molar-refractivity contribution in [2.45, 2.75) is 6.42 Å². The normalized spacial score (nSPS) is 11.0. The summed E-state index contributed by atoms with van der Waals surface area (Å²) in [6.07, 6.45) is 5.89. The lowest BCUT2D eigenvalue weighted by atomic mass is 10.2. The van der Waals surface area contributed by atoms with Gasteiger partial charge in [0.1, 0.15) is 0 Å². The van der Waals surface area contributed by atoms with E-state index in [2.05, 4.69) is 26.2 Å². The van der Waals surface area contributed by atoms with Crippen molar-refractivity contribution in [2.75, 3.05) is 0 Å². The maximum absolute atomic E-state index is 5.34. The van der Waals surface area contributed by atoms with Crippen LogP contribution in [0.3, 0.4) is 0 Å². The summed E-state index contributed by atoms with van der Waals surface area (Å²) >= 11 is 1.68. The van der Waals surface area contributed by atoms with Gasteiger partial charge in [-0.25, -0.2) is 0 Å². The summed E-state index contributed by atoms with van der Waals surface area (Å²) in [6.45, 7) is 0. The van der Waals surface area contributed by atoms with Crippen molar-refractivity contribution in [1.29, 1.82) is 0 Å². The number of aromatic nitrogens is 4. The summed E-state index contributed by atoms with van der Waals surface area (Å²) in [5.74, 6) is 1.18. The molecule has 5 nitrogen and oxygen atoms in total. The summed E-state index contributed by atoms with van der Waals surface area (Å²) in [5, 5.41) is 7.07. The molecule has 0 N–H and O–H groups in total. The zero-order valence-corrected chi connectivity index (χ0v) is 11.7. The van der Waals surface area contributed by atoms with Gasteiger partial charge < -0.3 is 4.52 Å². The molecular weight excluding hydrogens is 284 g/mol. The summed E-state index contributed by atoms with van der Waals surface area (Å²) in [5.41, 5.74) is 1.67. The molecular formula is C15H10N4OS. The maximum Gasteiger partial charge on any atom is 0.259 e. The van der Waals surface area contributed by atoms with Crippen LogP contribution in [0.15, 0.2) is 52.8 Å². The van der Waals surface area contributed by atoms with E-state index in [1.54, 1.807) is 29.9 Å². The number of thiophene rings is 1. The minimum absolute atomic E-state index is 0.493. The van der Waals surface area contributed by atoms with Crippen molar-refractivity contribution < 1.29 is 4.52 Å². The third-order valence-corrected chi connectivity index (χ3v) is 3.99. The molecule has 4 rings (SSSR count). The lowest BCUT2D eigenvalue weighted by Crippen LogP contribution is -1.88. The van der Waals surface area contributed by atoms with Gasteiger partial charge in [0.15, 0.2) is 5.82 Å². The Morgan fingerprint density at radius 3 is 3.10 bits per heavy atom. The van der Waals surface area contributed by atoms with E-state index in [-0.39, 0.29) is 0 Å². The van der Waals surface area contributed by atoms with E-state index >= 15 is 0 Å². The molecule has 0 amide bonds. The summed E-state index contributed by atoms with van der Waals surface area (Å²) in [6, 6.07) is 7.97. The Morgan fingerprint density at radius 1 is 1.19 bits per heavy atom. The van der Waals surface area contributed by atoms with Crippen LogP contribution in [0.4, 0.5) is 0 Å². The van der Waals surface area contributed by atoms with E-state index in [1.807, 2.05) is 23.6 Å². The van der Waals surface area contributed by atoms with Crippen molar-refractivity contribution in [3.05, 3.63) is 58.9 Å². The molecule has 0 aliphatic carbocycles. The van der Waals surface area contributed by atoms with E-state index in [1.165, 1.54) is 4.88 Å². The lowest BCUT2D eigenvalue weighted by Gasteiger charge is -1.97. The van der Waals surface area contributed by atoms with Gasteiger partial charge in [-0.05, 0) is 23.6 Å². The summed E-state index contributed by atoms with van der Waals surface area (Å²) < 4.78 is 5.34. The molecule has 0 aliphatic rings. The van der Waals surface area contributed by atoms with Crippen molar-refractivity contribution in [3.8, 4) is 11.5 Å². The second-order valence-corrected chi connectivity index (χ2v) is 5.60. The fourth-order valence-corrected chi connectivity index (χ4v) is 2.80. The van der Waals surface area contributed by atoms with E-state index in [4.69, 9.17) is 4.52 Å². The van der Waals surface area contributed by atoms with Gasteiger partial charge in [-0.3, -0.25) is 9.97 Å². The van der Waals surface area contributed by atoms with Crippen LogP contribution in [0.25, 0.3) is 22.4 Å². The van der Waals surface area contributed by atoms with Gasteiger partial charge >= 0.3 is 0 Å². The molecule has 102 valence electrons. The molecule has 4 heterocycles. The number of nitrogens with zero attached hydrogens (tertiary/aromatic N) is 4. The van der Waals surface area contributed by atoms with Crippen LogP contribution in [0.2, 0.25) is 0 Å². The average Bonchev–Trinajstić information content (AvgIpc) is 3.19. The Balaban J connectivity index is 1.67. The molecule has 0 unspecified atom stereocenters. The van der Waals surface area contributed by atoms with Gasteiger partial charge in [0, 0.05) is 29.1 Å². The summed E-state index contributed by atoms with van der Waals surface area (Å²) in [7, 11) is 0. The smallest absolute Gasteiger partial charge is 0.259 e. The maximum atomic E-state index is 5.34. The highest BCUT2D eigenvalue weighted by molar-refractivity contribution is 7.09. The molecule has 0 spiro atoms. The zero-order chi connectivity index (χ0) is 14.1. The Morgan fingerprint density at radius 2 is 2.19 bits per heavy atom. The van der Waals surface area contributed by atoms with E-state index in [0.29, 0.717) is 18.1 Å². The van der Waals surface area contributed by atoms with Crippen LogP contribution in [0.1, 0.15) is 10.7 Å². The second-order valence-electron chi connectivity index (χ2n) is 4.56. The van der Waals surface area contributed by atoms with Gasteiger partial charge in [-0.15, -0.1) is 11.3 Å². The molecule has 0 aliphatic heterocycles. The first kappa shape index (κ1) is 12.2. The largest absolute Gasteiger partial charge is 0.334 e. The minimum Gasteiger partial charge on any atom is -0.334 e. The van der Waals surface area contributed by atoms with Crippen LogP contribution in [0.5, 0.6) is 0 Å². The predicted octanol–water partition coefficient (Wildman–Crippen LogP) is 3.33. The molecule has 6 heteroatoms. The topological polar surface area (TPSA) is 64.7 Å². The number of pyridine rings is 2. The highest BCUT2D eigenvalue weighted by atomic mass is 32.1. The number of fused-ring (bicyclic) bond motifs is 1. The van der Waals surface area contributed by atoms with Crippen molar-refractivity contribution in [3.63, 3.8) is 0 Å². The molecule has 4 aromatic rings. The van der Waals surface area contributed by atoms with Gasteiger partial charge in [-0.1, -0.05) is 11.2 Å². The average molecular weight is 294 g/mol. The lowest BCUT2D eigenvalue weighted by molar-refractivity contribution is 0.424. The number of hydrogen-bond acceptors (Lipinski definition) is 6. The molecule has 0 saturated heterocycles. The molecule has 0 aromatic carbocycles. The highest BCUT2D eigenvalue weighted by Gasteiger charge is 2.11. The quantitative estimate of drug-likeness (QED) is 0.580. The number of rotatable bonds is 3. The highest BCUT2D eigenvalue weighted by Crippen LogP contribution is 2.21. The van der Waals surface area contributed by atoms with Gasteiger partial charge in [-0.2, -0.15) is 4.98 Å². The molecule has 0 atom stereocenters. The van der Waals surface area contributed by atoms with Crippen LogP contribution < -0.4 is 0 Å². The minimum atomic E-state index is 0.493. The molecule has 0 radical (unpaired) electrons.